The summed E-state index contributed by atoms with van der Waals surface area (Å²) in [6.07, 6.45) is 4.00. The van der Waals surface area contributed by atoms with Gasteiger partial charge in [0.25, 0.3) is 5.56 Å². The number of benzene rings is 2. The third-order valence-corrected chi connectivity index (χ3v) is 9.23. The lowest BCUT2D eigenvalue weighted by atomic mass is 9.91. The lowest BCUT2D eigenvalue weighted by Crippen LogP contribution is -2.40. The smallest absolute Gasteiger partial charge is 0.388 e. The highest BCUT2D eigenvalue weighted by atomic mass is 19.1. The number of halogens is 1. The van der Waals surface area contributed by atoms with E-state index in [1.165, 1.54) is 6.07 Å². The van der Waals surface area contributed by atoms with Gasteiger partial charge in [0, 0.05) is 23.6 Å². The first-order valence-corrected chi connectivity index (χ1v) is 16.3. The van der Waals surface area contributed by atoms with Crippen LogP contribution in [0.1, 0.15) is 88.5 Å². The number of nitrogens with zero attached hydrogens (tertiary/aromatic N) is 5. The first-order valence-electron chi connectivity index (χ1n) is 16.3. The molecule has 0 spiro atoms. The summed E-state index contributed by atoms with van der Waals surface area (Å²) in [5, 5.41) is 18.8. The molecule has 0 saturated heterocycles. The molecule has 0 aliphatic heterocycles. The summed E-state index contributed by atoms with van der Waals surface area (Å²) in [7, 11) is 0. The summed E-state index contributed by atoms with van der Waals surface area (Å²) in [4.78, 5) is 33.3. The van der Waals surface area contributed by atoms with Gasteiger partial charge in [-0.15, -0.1) is 0 Å². The number of hydrogen-bond donors (Lipinski definition) is 2. The van der Waals surface area contributed by atoms with Gasteiger partial charge in [-0.3, -0.25) is 18.9 Å². The average Bonchev–Trinajstić information content (AvgIpc) is 3.65. The number of aryl methyl sites for hydroxylation is 2. The van der Waals surface area contributed by atoms with Gasteiger partial charge in [0.15, 0.2) is 5.82 Å². The van der Waals surface area contributed by atoms with E-state index in [2.05, 4.69) is 24.7 Å². The van der Waals surface area contributed by atoms with Gasteiger partial charge in [0.2, 0.25) is 5.78 Å². The van der Waals surface area contributed by atoms with Crippen molar-refractivity contribution < 1.29 is 18.8 Å². The topological polar surface area (TPSA) is 141 Å². The zero-order valence-electron chi connectivity index (χ0n) is 27.4. The fraction of sp³-hybridized carbons (Fsp3) is 0.457. The molecule has 47 heavy (non-hydrogen) atoms. The van der Waals surface area contributed by atoms with Crippen LogP contribution in [-0.4, -0.2) is 52.2 Å². The minimum absolute atomic E-state index is 0.0138. The van der Waals surface area contributed by atoms with E-state index < -0.39 is 17.2 Å². The molecule has 3 aromatic heterocycles. The molecule has 2 aromatic carbocycles. The lowest BCUT2D eigenvalue weighted by molar-refractivity contribution is -0.118. The number of aliphatic hydroxyl groups is 1. The molecular weight excluding hydrogens is 603 g/mol. The van der Waals surface area contributed by atoms with Crippen LogP contribution in [0.3, 0.4) is 0 Å². The molecule has 1 fully saturated rings. The zero-order chi connectivity index (χ0) is 33.5. The van der Waals surface area contributed by atoms with Gasteiger partial charge < -0.3 is 9.84 Å². The predicted molar refractivity (Wildman–Crippen MR) is 175 cm³/mol. The summed E-state index contributed by atoms with van der Waals surface area (Å²) in [6.45, 7) is 9.20. The Hall–Kier alpha value is -4.42. The molecule has 1 unspecified atom stereocenters. The number of rotatable bonds is 10. The molecule has 0 radical (unpaired) electrons. The molecule has 1 aliphatic carbocycles. The van der Waals surface area contributed by atoms with Gasteiger partial charge in [-0.1, -0.05) is 54.9 Å². The molecule has 1 atom stereocenters. The van der Waals surface area contributed by atoms with Gasteiger partial charge in [-0.25, -0.2) is 13.7 Å². The van der Waals surface area contributed by atoms with E-state index in [0.29, 0.717) is 58.7 Å². The number of aromatic nitrogens is 6. The normalized spacial score (nSPS) is 17.8. The third-order valence-electron chi connectivity index (χ3n) is 9.23. The van der Waals surface area contributed by atoms with E-state index in [4.69, 9.17) is 4.74 Å². The molecule has 6 rings (SSSR count). The Kier molecular flexibility index (Phi) is 8.99. The maximum atomic E-state index is 15.9. The number of hydrogen-bond acceptors (Lipinski definition) is 8. The minimum Gasteiger partial charge on any atom is -0.388 e. The molecule has 3 heterocycles. The Morgan fingerprint density at radius 3 is 2.49 bits per heavy atom. The predicted octanol–water partition coefficient (Wildman–Crippen LogP) is 5.55. The van der Waals surface area contributed by atoms with Gasteiger partial charge in [-0.2, -0.15) is 10.1 Å². The van der Waals surface area contributed by atoms with Crippen molar-refractivity contribution in [3.63, 3.8) is 0 Å². The van der Waals surface area contributed by atoms with Gasteiger partial charge in [0.05, 0.1) is 23.5 Å². The Balaban J connectivity index is 1.35. The molecule has 11 nitrogen and oxygen atoms in total. The van der Waals surface area contributed by atoms with Crippen LogP contribution in [0.5, 0.6) is 0 Å². The molecule has 12 heteroatoms. The maximum absolute atomic E-state index is 15.9. The molecule has 2 N–H and O–H groups in total. The second-order valence-corrected chi connectivity index (χ2v) is 13.1. The Morgan fingerprint density at radius 1 is 1.13 bits per heavy atom. The van der Waals surface area contributed by atoms with Crippen molar-refractivity contribution in [1.82, 2.24) is 29.3 Å². The van der Waals surface area contributed by atoms with Crippen LogP contribution < -0.4 is 11.3 Å². The first kappa shape index (κ1) is 32.5. The molecule has 5 aromatic rings. The molecule has 1 saturated carbocycles. The van der Waals surface area contributed by atoms with E-state index >= 15 is 4.39 Å². The quantitative estimate of drug-likeness (QED) is 0.202. The first-order chi connectivity index (χ1) is 22.4. The molecular formula is C35H41FN6O5. The van der Waals surface area contributed by atoms with Crippen LogP contribution >= 0.6 is 0 Å². The van der Waals surface area contributed by atoms with Crippen LogP contribution in [0.25, 0.3) is 28.3 Å². The monoisotopic (exact) mass is 644 g/mol. The summed E-state index contributed by atoms with van der Waals surface area (Å²) in [6, 6.07) is 12.1. The Labute approximate surface area is 271 Å². The highest BCUT2D eigenvalue weighted by Gasteiger charge is 2.32. The SMILES string of the molecule is CCCc1c(Cc2ccc(-c3ccccc3-c3noc(=O)[nH]3)cc2F)c(=O)n(C2CCC(OC(C)C(C)(C)O)CC2)c2nc(C)nn12. The van der Waals surface area contributed by atoms with Crippen molar-refractivity contribution in [3.8, 4) is 22.5 Å². The van der Waals surface area contributed by atoms with Crippen LogP contribution in [0.15, 0.2) is 56.6 Å². The van der Waals surface area contributed by atoms with E-state index in [-0.39, 0.29) is 36.1 Å². The average molecular weight is 645 g/mol. The highest BCUT2D eigenvalue weighted by molar-refractivity contribution is 5.80. The third kappa shape index (κ3) is 6.57. The van der Waals surface area contributed by atoms with Crippen molar-refractivity contribution in [2.24, 2.45) is 0 Å². The highest BCUT2D eigenvalue weighted by Crippen LogP contribution is 2.34. The summed E-state index contributed by atoms with van der Waals surface area (Å²) < 4.78 is 30.3. The van der Waals surface area contributed by atoms with E-state index in [0.717, 1.165) is 25.0 Å². The number of fused-ring (bicyclic) bond motifs is 1. The van der Waals surface area contributed by atoms with Crippen LogP contribution in [-0.2, 0) is 17.6 Å². The second kappa shape index (κ2) is 13.0. The van der Waals surface area contributed by atoms with Crippen molar-refractivity contribution in [1.29, 1.82) is 0 Å². The minimum atomic E-state index is -0.947. The summed E-state index contributed by atoms with van der Waals surface area (Å²) in [5.74, 6) is 0.195. The number of aromatic amines is 1. The fourth-order valence-electron chi connectivity index (χ4n) is 6.46. The van der Waals surface area contributed by atoms with E-state index in [1.54, 1.807) is 41.1 Å². The maximum Gasteiger partial charge on any atom is 0.439 e. The second-order valence-electron chi connectivity index (χ2n) is 13.1. The number of H-pyrrole nitrogens is 1. The van der Waals surface area contributed by atoms with Crippen molar-refractivity contribution in [2.45, 2.75) is 103 Å². The molecule has 1 aliphatic rings. The Morgan fingerprint density at radius 2 is 1.85 bits per heavy atom. The van der Waals surface area contributed by atoms with Gasteiger partial charge in [-0.05, 0) is 82.6 Å². The largest absolute Gasteiger partial charge is 0.439 e. The lowest BCUT2D eigenvalue weighted by Gasteiger charge is -2.35. The Bertz CT molecular complexity index is 2010. The molecule has 0 bridgehead atoms. The van der Waals surface area contributed by atoms with Gasteiger partial charge in [0.1, 0.15) is 11.6 Å². The summed E-state index contributed by atoms with van der Waals surface area (Å²) >= 11 is 0. The number of nitrogens with one attached hydrogen (secondary N) is 1. The fourth-order valence-corrected chi connectivity index (χ4v) is 6.46. The van der Waals surface area contributed by atoms with Crippen LogP contribution in [0.4, 0.5) is 4.39 Å². The van der Waals surface area contributed by atoms with E-state index in [9.17, 15) is 14.7 Å². The zero-order valence-corrected chi connectivity index (χ0v) is 27.4. The van der Waals surface area contributed by atoms with Crippen molar-refractivity contribution in [3.05, 3.63) is 91.8 Å². The van der Waals surface area contributed by atoms with E-state index in [1.807, 2.05) is 39.0 Å². The van der Waals surface area contributed by atoms with Crippen LogP contribution in [0, 0.1) is 12.7 Å². The van der Waals surface area contributed by atoms with Crippen LogP contribution in [0.2, 0.25) is 0 Å². The number of ether oxygens (including phenoxy) is 1. The summed E-state index contributed by atoms with van der Waals surface area (Å²) in [5.41, 5.74) is 2.37. The van der Waals surface area contributed by atoms with Crippen molar-refractivity contribution in [2.75, 3.05) is 0 Å². The van der Waals surface area contributed by atoms with Gasteiger partial charge >= 0.3 is 5.76 Å². The molecule has 248 valence electrons. The molecule has 0 amide bonds. The standard InChI is InChI=1S/C35H41FN6O5/c1-6-9-30-28(18-23-13-12-22(19-29(23)36)26-10-7-8-11-27(26)31-38-34(44)47-40-31)32(43)41(33-37-21(3)39-42(30)33)24-14-16-25(17-15-24)46-20(2)35(4,5)45/h7-8,10-13,19-20,24-25,45H,6,9,14-18H2,1-5H3,(H,38,40,44). The van der Waals surface area contributed by atoms with Crippen molar-refractivity contribution >= 4 is 5.78 Å².